The second-order valence-electron chi connectivity index (χ2n) is 4.00. The number of benzene rings is 2. The van der Waals surface area contributed by atoms with Crippen molar-refractivity contribution in [3.8, 4) is 0 Å². The van der Waals surface area contributed by atoms with E-state index in [9.17, 15) is 4.79 Å². The van der Waals surface area contributed by atoms with Crippen molar-refractivity contribution in [2.45, 2.75) is 6.61 Å². The Hall–Kier alpha value is -2.55. The molecule has 3 nitrogen and oxygen atoms in total. The van der Waals surface area contributed by atoms with Gasteiger partial charge in [-0.25, -0.2) is 4.79 Å². The quantitative estimate of drug-likeness (QED) is 0.657. The topological polar surface area (TPSA) is 46.5 Å². The van der Waals surface area contributed by atoms with E-state index in [-0.39, 0.29) is 12.4 Å². The van der Waals surface area contributed by atoms with Gasteiger partial charge in [-0.1, -0.05) is 60.7 Å². The van der Waals surface area contributed by atoms with Crippen LogP contribution in [-0.2, 0) is 16.1 Å². The highest BCUT2D eigenvalue weighted by Gasteiger charge is 2.08. The lowest BCUT2D eigenvalue weighted by Gasteiger charge is -2.06. The summed E-state index contributed by atoms with van der Waals surface area (Å²) in [7, 11) is 0. The maximum atomic E-state index is 11.1. The molecule has 2 aromatic carbocycles. The predicted molar refractivity (Wildman–Crippen MR) is 73.3 cm³/mol. The van der Waals surface area contributed by atoms with Crippen molar-refractivity contribution in [2.75, 3.05) is 0 Å². The van der Waals surface area contributed by atoms with Crippen molar-refractivity contribution in [1.82, 2.24) is 0 Å². The van der Waals surface area contributed by atoms with Crippen molar-refractivity contribution in [3.05, 3.63) is 77.5 Å². The van der Waals surface area contributed by atoms with Crippen molar-refractivity contribution in [1.29, 1.82) is 0 Å². The molecule has 0 fully saturated rings. The van der Waals surface area contributed by atoms with Crippen LogP contribution in [0.15, 0.2) is 66.4 Å². The molecule has 0 heterocycles. The van der Waals surface area contributed by atoms with Gasteiger partial charge in [0.25, 0.3) is 0 Å². The SMILES string of the molecule is O=C(O)/C(=C\c1ccccc1)OCc1ccccc1. The lowest BCUT2D eigenvalue weighted by molar-refractivity contribution is -0.136. The van der Waals surface area contributed by atoms with Crippen LogP contribution >= 0.6 is 0 Å². The van der Waals surface area contributed by atoms with Crippen LogP contribution in [0.2, 0.25) is 0 Å². The fraction of sp³-hybridized carbons (Fsp3) is 0.0625. The third-order valence-corrected chi connectivity index (χ3v) is 2.55. The molecule has 0 bridgehead atoms. The molecule has 0 saturated heterocycles. The molecule has 96 valence electrons. The molecule has 19 heavy (non-hydrogen) atoms. The van der Waals surface area contributed by atoms with Crippen molar-refractivity contribution >= 4 is 12.0 Å². The number of aliphatic carboxylic acids is 1. The summed E-state index contributed by atoms with van der Waals surface area (Å²) in [4.78, 5) is 11.1. The number of hydrogen-bond acceptors (Lipinski definition) is 2. The molecule has 0 aromatic heterocycles. The second-order valence-corrected chi connectivity index (χ2v) is 4.00. The van der Waals surface area contributed by atoms with Crippen LogP contribution in [0.25, 0.3) is 6.08 Å². The molecule has 0 aliphatic carbocycles. The minimum atomic E-state index is -1.07. The van der Waals surface area contributed by atoms with Gasteiger partial charge >= 0.3 is 5.97 Å². The molecule has 3 heteroatoms. The molecule has 0 spiro atoms. The Labute approximate surface area is 111 Å². The lowest BCUT2D eigenvalue weighted by atomic mass is 10.2. The number of carboxylic acids is 1. The van der Waals surface area contributed by atoms with E-state index in [0.29, 0.717) is 0 Å². The molecule has 0 radical (unpaired) electrons. The van der Waals surface area contributed by atoms with E-state index in [2.05, 4.69) is 0 Å². The summed E-state index contributed by atoms with van der Waals surface area (Å²) in [5.41, 5.74) is 1.73. The third-order valence-electron chi connectivity index (χ3n) is 2.55. The zero-order valence-corrected chi connectivity index (χ0v) is 10.3. The van der Waals surface area contributed by atoms with Gasteiger partial charge in [0.05, 0.1) is 0 Å². The summed E-state index contributed by atoms with van der Waals surface area (Å²) in [6.45, 7) is 0.242. The molecule has 0 aliphatic heterocycles. The molecule has 0 atom stereocenters. The Morgan fingerprint density at radius 2 is 1.58 bits per heavy atom. The smallest absolute Gasteiger partial charge is 0.371 e. The highest BCUT2D eigenvalue weighted by atomic mass is 16.5. The number of carboxylic acid groups (broad SMARTS) is 1. The average molecular weight is 254 g/mol. The third kappa shape index (κ3) is 4.00. The minimum absolute atomic E-state index is 0.0601. The van der Waals surface area contributed by atoms with Gasteiger partial charge in [0.2, 0.25) is 5.76 Å². The number of hydrogen-bond donors (Lipinski definition) is 1. The molecule has 0 saturated carbocycles. The molecule has 2 rings (SSSR count). The molecule has 0 unspecified atom stereocenters. The maximum absolute atomic E-state index is 11.1. The standard InChI is InChI=1S/C16H14O3/c17-16(18)15(11-13-7-3-1-4-8-13)19-12-14-9-5-2-6-10-14/h1-11H,12H2,(H,17,18)/b15-11+. The fourth-order valence-corrected chi connectivity index (χ4v) is 1.60. The van der Waals surface area contributed by atoms with E-state index < -0.39 is 5.97 Å². The van der Waals surface area contributed by atoms with Crippen molar-refractivity contribution in [2.24, 2.45) is 0 Å². The Bertz CT molecular complexity index is 559. The van der Waals surface area contributed by atoms with E-state index in [4.69, 9.17) is 9.84 Å². The van der Waals surface area contributed by atoms with Gasteiger partial charge in [-0.3, -0.25) is 0 Å². The second kappa shape index (κ2) is 6.40. The van der Waals surface area contributed by atoms with E-state index in [1.54, 1.807) is 0 Å². The summed E-state index contributed by atoms with van der Waals surface area (Å²) >= 11 is 0. The molecule has 0 amide bonds. The molecule has 0 aliphatic rings. The first-order valence-corrected chi connectivity index (χ1v) is 5.92. The van der Waals surface area contributed by atoms with Gasteiger partial charge in [0, 0.05) is 0 Å². The zero-order valence-electron chi connectivity index (χ0n) is 10.3. The maximum Gasteiger partial charge on any atom is 0.371 e. The normalized spacial score (nSPS) is 11.1. The lowest BCUT2D eigenvalue weighted by Crippen LogP contribution is -2.05. The Morgan fingerprint density at radius 1 is 1.00 bits per heavy atom. The summed E-state index contributed by atoms with van der Waals surface area (Å²) < 4.78 is 5.36. The minimum Gasteiger partial charge on any atom is -0.482 e. The Morgan fingerprint density at radius 3 is 2.16 bits per heavy atom. The van der Waals surface area contributed by atoms with E-state index >= 15 is 0 Å². The van der Waals surface area contributed by atoms with Gasteiger partial charge in [-0.05, 0) is 17.2 Å². The first-order chi connectivity index (χ1) is 9.25. The highest BCUT2D eigenvalue weighted by Crippen LogP contribution is 2.11. The molecule has 2 aromatic rings. The van der Waals surface area contributed by atoms with Crippen LogP contribution in [0, 0.1) is 0 Å². The summed E-state index contributed by atoms with van der Waals surface area (Å²) in [6, 6.07) is 18.7. The monoisotopic (exact) mass is 254 g/mol. The Kier molecular flexibility index (Phi) is 4.34. The van der Waals surface area contributed by atoms with Gasteiger partial charge in [0.15, 0.2) is 0 Å². The number of ether oxygens (including phenoxy) is 1. The molecular weight excluding hydrogens is 240 g/mol. The van der Waals surface area contributed by atoms with Gasteiger partial charge in [-0.2, -0.15) is 0 Å². The van der Waals surface area contributed by atoms with Crippen LogP contribution < -0.4 is 0 Å². The van der Waals surface area contributed by atoms with E-state index in [0.717, 1.165) is 11.1 Å². The first kappa shape index (κ1) is 12.9. The highest BCUT2D eigenvalue weighted by molar-refractivity contribution is 5.89. The largest absolute Gasteiger partial charge is 0.482 e. The van der Waals surface area contributed by atoms with Crippen LogP contribution in [0.3, 0.4) is 0 Å². The average Bonchev–Trinajstić information content (AvgIpc) is 2.45. The van der Waals surface area contributed by atoms with E-state index in [1.807, 2.05) is 60.7 Å². The first-order valence-electron chi connectivity index (χ1n) is 5.92. The van der Waals surface area contributed by atoms with Gasteiger partial charge in [-0.15, -0.1) is 0 Å². The van der Waals surface area contributed by atoms with Crippen molar-refractivity contribution < 1.29 is 14.6 Å². The Balaban J connectivity index is 2.09. The van der Waals surface area contributed by atoms with Crippen LogP contribution in [0.1, 0.15) is 11.1 Å². The summed E-state index contributed by atoms with van der Waals surface area (Å²) in [6.07, 6.45) is 1.52. The molecular formula is C16H14O3. The predicted octanol–water partition coefficient (Wildman–Crippen LogP) is 3.33. The zero-order chi connectivity index (χ0) is 13.5. The number of carbonyl (C=O) groups is 1. The number of rotatable bonds is 5. The van der Waals surface area contributed by atoms with Gasteiger partial charge < -0.3 is 9.84 Å². The van der Waals surface area contributed by atoms with Crippen molar-refractivity contribution in [3.63, 3.8) is 0 Å². The molecule has 1 N–H and O–H groups in total. The van der Waals surface area contributed by atoms with E-state index in [1.165, 1.54) is 6.08 Å². The van der Waals surface area contributed by atoms with Crippen LogP contribution in [-0.4, -0.2) is 11.1 Å². The van der Waals surface area contributed by atoms with Crippen LogP contribution in [0.5, 0.6) is 0 Å². The summed E-state index contributed by atoms with van der Waals surface area (Å²) in [5, 5.41) is 9.12. The van der Waals surface area contributed by atoms with Crippen LogP contribution in [0.4, 0.5) is 0 Å². The van der Waals surface area contributed by atoms with Gasteiger partial charge in [0.1, 0.15) is 6.61 Å². The summed E-state index contributed by atoms with van der Waals surface area (Å²) in [5.74, 6) is -1.13. The fourth-order valence-electron chi connectivity index (χ4n) is 1.60.